The molecule has 90 valence electrons. The van der Waals surface area contributed by atoms with Crippen LogP contribution in [0.1, 0.15) is 10.4 Å². The second-order valence-corrected chi connectivity index (χ2v) is 6.54. The number of halogens is 1. The van der Waals surface area contributed by atoms with Gasteiger partial charge in [-0.2, -0.15) is 0 Å². The molecule has 4 heteroatoms. The van der Waals surface area contributed by atoms with Crippen LogP contribution in [0.3, 0.4) is 0 Å². The summed E-state index contributed by atoms with van der Waals surface area (Å²) >= 11 is 6.67. The first-order valence-corrected chi connectivity index (χ1v) is 8.22. The van der Waals surface area contributed by atoms with E-state index in [9.17, 15) is 4.79 Å². The first-order chi connectivity index (χ1) is 8.79. The third-order valence-corrected chi connectivity index (χ3v) is 5.81. The molecule has 0 spiro atoms. The summed E-state index contributed by atoms with van der Waals surface area (Å²) in [5.41, 5.74) is 0.816. The predicted octanol–water partition coefficient (Wildman–Crippen LogP) is 4.88. The van der Waals surface area contributed by atoms with E-state index in [2.05, 4.69) is 34.1 Å². The molecule has 0 amide bonds. The highest BCUT2D eigenvalue weighted by atomic mass is 79.9. The highest BCUT2D eigenvalue weighted by Gasteiger charge is 2.21. The summed E-state index contributed by atoms with van der Waals surface area (Å²) in [4.78, 5) is 16.7. The topological polar surface area (TPSA) is 17.1 Å². The molecule has 3 rings (SSSR count). The highest BCUT2D eigenvalue weighted by molar-refractivity contribution is 9.09. The van der Waals surface area contributed by atoms with Crippen molar-refractivity contribution < 1.29 is 4.79 Å². The van der Waals surface area contributed by atoms with Gasteiger partial charge in [-0.1, -0.05) is 63.7 Å². The van der Waals surface area contributed by atoms with Gasteiger partial charge >= 0.3 is 0 Å². The van der Waals surface area contributed by atoms with E-state index in [0.717, 1.165) is 10.5 Å². The zero-order chi connectivity index (χ0) is 12.5. The minimum absolute atomic E-state index is 0.138. The molecule has 0 radical (unpaired) electrons. The van der Waals surface area contributed by atoms with E-state index in [1.165, 1.54) is 14.7 Å². The van der Waals surface area contributed by atoms with Crippen LogP contribution in [-0.2, 0) is 0 Å². The van der Waals surface area contributed by atoms with Gasteiger partial charge in [0.1, 0.15) is 0 Å². The number of hydrogen-bond donors (Lipinski definition) is 0. The Morgan fingerprint density at radius 2 is 1.61 bits per heavy atom. The van der Waals surface area contributed by atoms with Crippen molar-refractivity contribution in [2.24, 2.45) is 0 Å². The van der Waals surface area contributed by atoms with Crippen molar-refractivity contribution in [1.29, 1.82) is 0 Å². The summed E-state index contributed by atoms with van der Waals surface area (Å²) in [6.07, 6.45) is 0. The smallest absolute Gasteiger partial charge is 0.174 e. The van der Waals surface area contributed by atoms with E-state index in [0.29, 0.717) is 5.33 Å². The lowest BCUT2D eigenvalue weighted by Gasteiger charge is -2.19. The van der Waals surface area contributed by atoms with Crippen LogP contribution in [0.25, 0.3) is 0 Å². The Balaban J connectivity index is 2.10. The molecule has 0 fully saturated rings. The second-order valence-electron chi connectivity index (χ2n) is 3.84. The van der Waals surface area contributed by atoms with E-state index >= 15 is 0 Å². The normalized spacial score (nSPS) is 12.7. The molecule has 0 bridgehead atoms. The van der Waals surface area contributed by atoms with Gasteiger partial charge in [0.2, 0.25) is 0 Å². The van der Waals surface area contributed by atoms with Crippen molar-refractivity contribution in [3.05, 3.63) is 48.0 Å². The minimum atomic E-state index is 0.138. The maximum absolute atomic E-state index is 11.9. The zero-order valence-electron chi connectivity index (χ0n) is 9.35. The summed E-state index contributed by atoms with van der Waals surface area (Å²) < 4.78 is 0. The van der Waals surface area contributed by atoms with E-state index < -0.39 is 0 Å². The van der Waals surface area contributed by atoms with Gasteiger partial charge in [0.25, 0.3) is 0 Å². The first kappa shape index (κ1) is 12.3. The number of Topliss-reactive ketones (excluding diaryl/α,β-unsaturated/α-hetero) is 1. The van der Waals surface area contributed by atoms with E-state index in [-0.39, 0.29) is 5.78 Å². The van der Waals surface area contributed by atoms with Crippen LogP contribution < -0.4 is 0 Å². The van der Waals surface area contributed by atoms with Crippen LogP contribution in [0.2, 0.25) is 0 Å². The Kier molecular flexibility index (Phi) is 3.50. The molecule has 1 aliphatic heterocycles. The molecule has 18 heavy (non-hydrogen) atoms. The van der Waals surface area contributed by atoms with Crippen LogP contribution in [0.5, 0.6) is 0 Å². The number of rotatable bonds is 2. The fraction of sp³-hybridized carbons (Fsp3) is 0.0714. The molecule has 0 N–H and O–H groups in total. The lowest BCUT2D eigenvalue weighted by atomic mass is 10.1. The molecule has 0 saturated heterocycles. The summed E-state index contributed by atoms with van der Waals surface area (Å²) in [7, 11) is 0. The van der Waals surface area contributed by atoms with E-state index in [1.807, 2.05) is 24.3 Å². The number of ketones is 1. The van der Waals surface area contributed by atoms with Gasteiger partial charge in [-0.05, 0) is 18.2 Å². The molecule has 2 aromatic carbocycles. The molecule has 0 aliphatic carbocycles. The SMILES string of the molecule is O=C(CBr)c1cccc2c1Sc1ccccc1S2. The Morgan fingerprint density at radius 1 is 0.944 bits per heavy atom. The Morgan fingerprint density at radius 3 is 2.33 bits per heavy atom. The maximum atomic E-state index is 11.9. The maximum Gasteiger partial charge on any atom is 0.174 e. The molecule has 0 atom stereocenters. The first-order valence-electron chi connectivity index (χ1n) is 5.46. The number of carbonyl (C=O) groups excluding carboxylic acids is 1. The average molecular weight is 337 g/mol. The third-order valence-electron chi connectivity index (χ3n) is 2.68. The molecule has 1 nitrogen and oxygen atoms in total. The largest absolute Gasteiger partial charge is 0.293 e. The monoisotopic (exact) mass is 336 g/mol. The highest BCUT2D eigenvalue weighted by Crippen LogP contribution is 2.49. The zero-order valence-corrected chi connectivity index (χ0v) is 12.6. The predicted molar refractivity (Wildman–Crippen MR) is 79.3 cm³/mol. The lowest BCUT2D eigenvalue weighted by molar-refractivity contribution is 0.102. The van der Waals surface area contributed by atoms with Crippen LogP contribution >= 0.6 is 39.5 Å². The van der Waals surface area contributed by atoms with Crippen molar-refractivity contribution >= 4 is 45.2 Å². The lowest BCUT2D eigenvalue weighted by Crippen LogP contribution is -2.04. The Hall–Kier alpha value is -0.710. The fourth-order valence-electron chi connectivity index (χ4n) is 1.84. The van der Waals surface area contributed by atoms with Crippen LogP contribution in [-0.4, -0.2) is 11.1 Å². The number of carbonyl (C=O) groups is 1. The molecule has 0 unspecified atom stereocenters. The Bertz CT molecular complexity index is 625. The van der Waals surface area contributed by atoms with Crippen molar-refractivity contribution in [1.82, 2.24) is 0 Å². The number of hydrogen-bond acceptors (Lipinski definition) is 3. The average Bonchev–Trinajstić information content (AvgIpc) is 2.43. The van der Waals surface area contributed by atoms with Gasteiger partial charge in [0.05, 0.1) is 5.33 Å². The fourth-order valence-corrected chi connectivity index (χ4v) is 4.54. The van der Waals surface area contributed by atoms with Gasteiger partial charge in [-0.25, -0.2) is 0 Å². The van der Waals surface area contributed by atoms with Gasteiger partial charge in [0.15, 0.2) is 5.78 Å². The van der Waals surface area contributed by atoms with Crippen molar-refractivity contribution in [2.45, 2.75) is 19.6 Å². The minimum Gasteiger partial charge on any atom is -0.293 e. The quantitative estimate of drug-likeness (QED) is 0.490. The van der Waals surface area contributed by atoms with Crippen LogP contribution in [0.4, 0.5) is 0 Å². The van der Waals surface area contributed by atoms with Crippen molar-refractivity contribution in [2.75, 3.05) is 5.33 Å². The molecular formula is C14H9BrOS2. The summed E-state index contributed by atoms with van der Waals surface area (Å²) in [6.45, 7) is 0. The van der Waals surface area contributed by atoms with Gasteiger partial charge in [-0.15, -0.1) is 0 Å². The van der Waals surface area contributed by atoms with Gasteiger partial charge < -0.3 is 0 Å². The van der Waals surface area contributed by atoms with E-state index in [1.54, 1.807) is 23.5 Å². The number of benzene rings is 2. The van der Waals surface area contributed by atoms with Gasteiger partial charge in [0, 0.05) is 25.1 Å². The van der Waals surface area contributed by atoms with E-state index in [4.69, 9.17) is 0 Å². The molecule has 0 saturated carbocycles. The van der Waals surface area contributed by atoms with Crippen molar-refractivity contribution in [3.8, 4) is 0 Å². The standard InChI is InChI=1S/C14H9BrOS2/c15-8-10(16)9-4-3-7-13-14(9)18-12-6-2-1-5-11(12)17-13/h1-7H,8H2. The summed E-state index contributed by atoms with van der Waals surface area (Å²) in [6, 6.07) is 14.2. The van der Waals surface area contributed by atoms with Crippen molar-refractivity contribution in [3.63, 3.8) is 0 Å². The second kappa shape index (κ2) is 5.11. The van der Waals surface area contributed by atoms with Gasteiger partial charge in [-0.3, -0.25) is 4.79 Å². The number of alkyl halides is 1. The number of fused-ring (bicyclic) bond motifs is 2. The molecule has 2 aromatic rings. The summed E-state index contributed by atoms with van der Waals surface area (Å²) in [5.74, 6) is 0.138. The molecule has 0 aromatic heterocycles. The summed E-state index contributed by atoms with van der Waals surface area (Å²) in [5, 5.41) is 0.371. The van der Waals surface area contributed by atoms with Crippen LogP contribution in [0, 0.1) is 0 Å². The third kappa shape index (κ3) is 2.13. The molecule has 1 heterocycles. The molecule has 1 aliphatic rings. The van der Waals surface area contributed by atoms with Crippen LogP contribution in [0.15, 0.2) is 62.0 Å². The molecular weight excluding hydrogens is 328 g/mol. The Labute approximate surface area is 122 Å².